The maximum Gasteiger partial charge on any atom is 0.330 e. The smallest absolute Gasteiger partial charge is 0.330 e. The van der Waals surface area contributed by atoms with Crippen molar-refractivity contribution in [1.29, 1.82) is 0 Å². The quantitative estimate of drug-likeness (QED) is 0.405. The highest BCUT2D eigenvalue weighted by atomic mass is 16.7. The maximum atomic E-state index is 11.8. The molecule has 0 bridgehead atoms. The average molecular weight is 330 g/mol. The lowest BCUT2D eigenvalue weighted by molar-refractivity contribution is -0.171. The fraction of sp³-hybridized carbons (Fsp3) is 0.615. The zero-order valence-electron chi connectivity index (χ0n) is 12.4. The number of carbonyl (C=O) groups is 1. The summed E-state index contributed by atoms with van der Waals surface area (Å²) in [5, 5.41) is 19.3. The van der Waals surface area contributed by atoms with Crippen molar-refractivity contribution >= 4 is 5.97 Å². The molecule has 3 N–H and O–H groups in total. The Bertz CT molecular complexity index is 654. The van der Waals surface area contributed by atoms with Crippen LogP contribution in [0, 0.1) is 0 Å². The van der Waals surface area contributed by atoms with Gasteiger partial charge in [-0.1, -0.05) is 6.92 Å². The molecule has 1 aliphatic rings. The third kappa shape index (κ3) is 3.85. The van der Waals surface area contributed by atoms with Crippen molar-refractivity contribution in [2.75, 3.05) is 13.4 Å². The lowest BCUT2D eigenvalue weighted by Gasteiger charge is -2.21. The fourth-order valence-electron chi connectivity index (χ4n) is 2.18. The topological polar surface area (TPSA) is 140 Å². The van der Waals surface area contributed by atoms with E-state index in [0.717, 1.165) is 10.6 Å². The highest BCUT2D eigenvalue weighted by Crippen LogP contribution is 2.30. The van der Waals surface area contributed by atoms with Crippen molar-refractivity contribution < 1.29 is 29.2 Å². The SMILES string of the molecule is CCC(=O)OCO[C@@H]1[C@H](O)[C@@H](CO)O[C@H]1n1ccc(=O)[nH]c1=O. The number of esters is 1. The number of aromatic amines is 1. The van der Waals surface area contributed by atoms with E-state index < -0.39 is 55.2 Å². The van der Waals surface area contributed by atoms with E-state index in [9.17, 15) is 24.6 Å². The summed E-state index contributed by atoms with van der Waals surface area (Å²) in [5.74, 6) is -0.491. The predicted octanol–water partition coefficient (Wildman–Crippen LogP) is -1.92. The number of aliphatic hydroxyl groups is 2. The van der Waals surface area contributed by atoms with Gasteiger partial charge < -0.3 is 24.4 Å². The Morgan fingerprint density at radius 2 is 2.22 bits per heavy atom. The van der Waals surface area contributed by atoms with E-state index in [2.05, 4.69) is 4.98 Å². The normalized spacial score (nSPS) is 27.1. The Balaban J connectivity index is 2.18. The zero-order valence-corrected chi connectivity index (χ0v) is 12.4. The molecule has 0 aromatic carbocycles. The van der Waals surface area contributed by atoms with E-state index >= 15 is 0 Å². The van der Waals surface area contributed by atoms with Gasteiger partial charge in [-0.25, -0.2) is 4.79 Å². The third-order valence-corrected chi connectivity index (χ3v) is 3.39. The number of nitrogens with zero attached hydrogens (tertiary/aromatic N) is 1. The molecule has 1 fully saturated rings. The molecule has 1 aromatic heterocycles. The second-order valence-electron chi connectivity index (χ2n) is 4.87. The van der Waals surface area contributed by atoms with Crippen LogP contribution in [0.1, 0.15) is 19.6 Å². The molecular weight excluding hydrogens is 312 g/mol. The van der Waals surface area contributed by atoms with Gasteiger partial charge in [0.25, 0.3) is 5.56 Å². The molecule has 4 atom stereocenters. The number of aromatic nitrogens is 2. The molecule has 0 saturated carbocycles. The number of hydrogen-bond acceptors (Lipinski definition) is 8. The monoisotopic (exact) mass is 330 g/mol. The zero-order chi connectivity index (χ0) is 17.0. The molecule has 128 valence electrons. The molecular formula is C13H18N2O8. The number of aliphatic hydroxyl groups excluding tert-OH is 2. The van der Waals surface area contributed by atoms with Crippen molar-refractivity contribution in [1.82, 2.24) is 9.55 Å². The van der Waals surface area contributed by atoms with Crippen LogP contribution in [0.25, 0.3) is 0 Å². The van der Waals surface area contributed by atoms with E-state index in [4.69, 9.17) is 14.2 Å². The Kier molecular flexibility index (Phi) is 5.66. The van der Waals surface area contributed by atoms with Crippen molar-refractivity contribution in [3.8, 4) is 0 Å². The minimum Gasteiger partial charge on any atom is -0.438 e. The van der Waals surface area contributed by atoms with Gasteiger partial charge in [-0.15, -0.1) is 0 Å². The molecule has 10 heteroatoms. The lowest BCUT2D eigenvalue weighted by Crippen LogP contribution is -2.39. The molecule has 1 aromatic rings. The number of carbonyl (C=O) groups excluding carboxylic acids is 1. The summed E-state index contributed by atoms with van der Waals surface area (Å²) in [7, 11) is 0. The molecule has 1 aliphatic heterocycles. The van der Waals surface area contributed by atoms with Gasteiger partial charge in [0.2, 0.25) is 0 Å². The van der Waals surface area contributed by atoms with E-state index in [1.165, 1.54) is 6.20 Å². The van der Waals surface area contributed by atoms with Crippen molar-refractivity contribution in [2.24, 2.45) is 0 Å². The van der Waals surface area contributed by atoms with Crippen LogP contribution in [0.3, 0.4) is 0 Å². The van der Waals surface area contributed by atoms with Crippen LogP contribution < -0.4 is 11.2 Å². The van der Waals surface area contributed by atoms with E-state index in [-0.39, 0.29) is 6.42 Å². The standard InChI is InChI=1S/C13H18N2O8/c1-2-9(18)21-6-22-11-10(19)7(5-16)23-12(11)15-4-3-8(17)14-13(15)20/h3-4,7,10-12,16,19H,2,5-6H2,1H3,(H,14,17,20)/t7-,10-,11-,12-/m1/s1. The second kappa shape index (κ2) is 7.51. The minimum absolute atomic E-state index is 0.162. The molecule has 10 nitrogen and oxygen atoms in total. The summed E-state index contributed by atoms with van der Waals surface area (Å²) in [5.41, 5.74) is -1.34. The summed E-state index contributed by atoms with van der Waals surface area (Å²) in [6.07, 6.45) is -3.04. The molecule has 0 aliphatic carbocycles. The lowest BCUT2D eigenvalue weighted by atomic mass is 10.1. The second-order valence-corrected chi connectivity index (χ2v) is 4.87. The molecule has 23 heavy (non-hydrogen) atoms. The summed E-state index contributed by atoms with van der Waals surface area (Å²) in [4.78, 5) is 36.1. The Morgan fingerprint density at radius 1 is 1.48 bits per heavy atom. The van der Waals surface area contributed by atoms with Crippen molar-refractivity contribution in [3.63, 3.8) is 0 Å². The first-order valence-electron chi connectivity index (χ1n) is 7.01. The molecule has 2 heterocycles. The highest BCUT2D eigenvalue weighted by Gasteiger charge is 2.45. The van der Waals surface area contributed by atoms with Gasteiger partial charge in [0, 0.05) is 18.7 Å². The summed E-state index contributed by atoms with van der Waals surface area (Å²) >= 11 is 0. The Labute approximate surface area is 130 Å². The first-order chi connectivity index (χ1) is 11.0. The largest absolute Gasteiger partial charge is 0.438 e. The average Bonchev–Trinajstić information content (AvgIpc) is 2.83. The number of hydrogen-bond donors (Lipinski definition) is 3. The van der Waals surface area contributed by atoms with E-state index in [0.29, 0.717) is 0 Å². The third-order valence-electron chi connectivity index (χ3n) is 3.39. The summed E-state index contributed by atoms with van der Waals surface area (Å²) < 4.78 is 16.5. The van der Waals surface area contributed by atoms with Crippen LogP contribution in [0.2, 0.25) is 0 Å². The van der Waals surface area contributed by atoms with Crippen LogP contribution in [-0.4, -0.2) is 57.4 Å². The van der Waals surface area contributed by atoms with Crippen LogP contribution in [-0.2, 0) is 19.0 Å². The maximum absolute atomic E-state index is 11.8. The van der Waals surface area contributed by atoms with Gasteiger partial charge in [-0.3, -0.25) is 19.1 Å². The first-order valence-corrected chi connectivity index (χ1v) is 7.01. The molecule has 0 unspecified atom stereocenters. The molecule has 0 spiro atoms. The Morgan fingerprint density at radius 3 is 2.83 bits per heavy atom. The molecule has 0 radical (unpaired) electrons. The van der Waals surface area contributed by atoms with Crippen LogP contribution >= 0.6 is 0 Å². The predicted molar refractivity (Wildman–Crippen MR) is 74.4 cm³/mol. The summed E-state index contributed by atoms with van der Waals surface area (Å²) in [6, 6.07) is 1.11. The van der Waals surface area contributed by atoms with Gasteiger partial charge in [-0.05, 0) is 0 Å². The number of nitrogens with one attached hydrogen (secondary N) is 1. The van der Waals surface area contributed by atoms with Crippen molar-refractivity contribution in [3.05, 3.63) is 33.1 Å². The van der Waals surface area contributed by atoms with Gasteiger partial charge in [0.1, 0.15) is 18.3 Å². The number of H-pyrrole nitrogens is 1. The van der Waals surface area contributed by atoms with Gasteiger partial charge in [-0.2, -0.15) is 0 Å². The van der Waals surface area contributed by atoms with Crippen LogP contribution in [0.15, 0.2) is 21.9 Å². The van der Waals surface area contributed by atoms with Gasteiger partial charge in [0.15, 0.2) is 13.0 Å². The van der Waals surface area contributed by atoms with Crippen LogP contribution in [0.4, 0.5) is 0 Å². The fourth-order valence-corrected chi connectivity index (χ4v) is 2.18. The first kappa shape index (κ1) is 17.3. The summed E-state index contributed by atoms with van der Waals surface area (Å²) in [6.45, 7) is 0.676. The number of ether oxygens (including phenoxy) is 3. The van der Waals surface area contributed by atoms with Gasteiger partial charge >= 0.3 is 11.7 Å². The van der Waals surface area contributed by atoms with E-state index in [1.807, 2.05) is 0 Å². The Hall–Kier alpha value is -2.01. The minimum atomic E-state index is -1.25. The van der Waals surface area contributed by atoms with Gasteiger partial charge in [0.05, 0.1) is 6.61 Å². The molecule has 1 saturated heterocycles. The number of rotatable bonds is 6. The highest BCUT2D eigenvalue weighted by molar-refractivity contribution is 5.68. The van der Waals surface area contributed by atoms with Crippen molar-refractivity contribution in [2.45, 2.75) is 37.9 Å². The van der Waals surface area contributed by atoms with Crippen LogP contribution in [0.5, 0.6) is 0 Å². The molecule has 0 amide bonds. The molecule has 2 rings (SSSR count). The van der Waals surface area contributed by atoms with E-state index in [1.54, 1.807) is 6.92 Å².